The van der Waals surface area contributed by atoms with Gasteiger partial charge in [-0.3, -0.25) is 0 Å². The minimum atomic E-state index is 0.714. The van der Waals surface area contributed by atoms with Gasteiger partial charge in [-0.1, -0.05) is 11.6 Å². The molecule has 3 nitrogen and oxygen atoms in total. The van der Waals surface area contributed by atoms with Crippen molar-refractivity contribution in [2.75, 3.05) is 38.2 Å². The molecule has 1 aromatic rings. The third-order valence-electron chi connectivity index (χ3n) is 2.60. The summed E-state index contributed by atoms with van der Waals surface area (Å²) in [6.07, 6.45) is 0. The van der Waals surface area contributed by atoms with Crippen LogP contribution in [0, 0.1) is 0 Å². The molecule has 1 aliphatic heterocycles. The van der Waals surface area contributed by atoms with Crippen molar-refractivity contribution in [3.8, 4) is 5.75 Å². The quantitative estimate of drug-likeness (QED) is 0.832. The summed E-state index contributed by atoms with van der Waals surface area (Å²) in [6.45, 7) is 4.06. The molecule has 0 atom stereocenters. The molecule has 1 aliphatic rings. The number of anilines is 1. The summed E-state index contributed by atoms with van der Waals surface area (Å²) >= 11 is 5.92. The van der Waals surface area contributed by atoms with E-state index in [4.69, 9.17) is 16.3 Å². The third kappa shape index (κ3) is 2.36. The van der Waals surface area contributed by atoms with Crippen molar-refractivity contribution in [2.24, 2.45) is 0 Å². The van der Waals surface area contributed by atoms with Crippen LogP contribution >= 0.6 is 11.6 Å². The van der Waals surface area contributed by atoms with E-state index in [0.717, 1.165) is 37.6 Å². The molecule has 82 valence electrons. The lowest BCUT2D eigenvalue weighted by Crippen LogP contribution is -2.43. The zero-order valence-corrected chi connectivity index (χ0v) is 9.55. The summed E-state index contributed by atoms with van der Waals surface area (Å²) < 4.78 is 5.33. The van der Waals surface area contributed by atoms with Crippen LogP contribution in [0.5, 0.6) is 5.75 Å². The van der Waals surface area contributed by atoms with Crippen molar-refractivity contribution >= 4 is 17.3 Å². The fourth-order valence-electron chi connectivity index (χ4n) is 1.82. The summed E-state index contributed by atoms with van der Waals surface area (Å²) in [4.78, 5) is 2.31. The topological polar surface area (TPSA) is 24.5 Å². The number of piperazine rings is 1. The molecule has 1 saturated heterocycles. The van der Waals surface area contributed by atoms with Gasteiger partial charge in [0, 0.05) is 37.3 Å². The first kappa shape index (κ1) is 10.6. The highest BCUT2D eigenvalue weighted by molar-refractivity contribution is 6.30. The van der Waals surface area contributed by atoms with E-state index in [1.165, 1.54) is 0 Å². The monoisotopic (exact) mass is 226 g/mol. The number of ether oxygens (including phenoxy) is 1. The first-order chi connectivity index (χ1) is 7.31. The van der Waals surface area contributed by atoms with Crippen LogP contribution in [0.15, 0.2) is 18.2 Å². The number of rotatable bonds is 2. The fraction of sp³-hybridized carbons (Fsp3) is 0.455. The Hall–Kier alpha value is -0.930. The van der Waals surface area contributed by atoms with E-state index in [2.05, 4.69) is 10.2 Å². The normalized spacial score (nSPS) is 16.5. The third-order valence-corrected chi connectivity index (χ3v) is 2.83. The molecule has 0 aliphatic carbocycles. The van der Waals surface area contributed by atoms with Gasteiger partial charge in [0.15, 0.2) is 0 Å². The van der Waals surface area contributed by atoms with Crippen LogP contribution in [-0.2, 0) is 0 Å². The van der Waals surface area contributed by atoms with Gasteiger partial charge in [-0.25, -0.2) is 0 Å². The van der Waals surface area contributed by atoms with Crippen LogP contribution in [0.25, 0.3) is 0 Å². The SMILES string of the molecule is COc1cc(Cl)ccc1N1CCNCC1. The molecule has 0 amide bonds. The van der Waals surface area contributed by atoms with E-state index in [1.54, 1.807) is 7.11 Å². The predicted molar refractivity (Wildman–Crippen MR) is 63.1 cm³/mol. The largest absolute Gasteiger partial charge is 0.495 e. The Labute approximate surface area is 95.0 Å². The smallest absolute Gasteiger partial charge is 0.143 e. The highest BCUT2D eigenvalue weighted by Crippen LogP contribution is 2.31. The lowest BCUT2D eigenvalue weighted by atomic mass is 10.2. The van der Waals surface area contributed by atoms with Gasteiger partial charge in [0.2, 0.25) is 0 Å². The van der Waals surface area contributed by atoms with Gasteiger partial charge in [0.1, 0.15) is 5.75 Å². The van der Waals surface area contributed by atoms with Crippen LogP contribution in [0.3, 0.4) is 0 Å². The fourth-order valence-corrected chi connectivity index (χ4v) is 1.98. The van der Waals surface area contributed by atoms with Gasteiger partial charge in [0.25, 0.3) is 0 Å². The number of benzene rings is 1. The molecule has 2 rings (SSSR count). The summed E-state index contributed by atoms with van der Waals surface area (Å²) in [6, 6.07) is 5.78. The molecular weight excluding hydrogens is 212 g/mol. The number of hydrogen-bond acceptors (Lipinski definition) is 3. The van der Waals surface area contributed by atoms with E-state index < -0.39 is 0 Å². The number of halogens is 1. The van der Waals surface area contributed by atoms with Gasteiger partial charge in [-0.2, -0.15) is 0 Å². The maximum Gasteiger partial charge on any atom is 0.143 e. The molecule has 0 unspecified atom stereocenters. The van der Waals surface area contributed by atoms with Crippen molar-refractivity contribution in [3.05, 3.63) is 23.2 Å². The Morgan fingerprint density at radius 2 is 2.07 bits per heavy atom. The second kappa shape index (κ2) is 4.73. The number of nitrogens with zero attached hydrogens (tertiary/aromatic N) is 1. The van der Waals surface area contributed by atoms with Gasteiger partial charge in [-0.15, -0.1) is 0 Å². The lowest BCUT2D eigenvalue weighted by Gasteiger charge is -2.30. The molecule has 0 saturated carbocycles. The van der Waals surface area contributed by atoms with Crippen LogP contribution in [-0.4, -0.2) is 33.3 Å². The molecule has 0 radical (unpaired) electrons. The van der Waals surface area contributed by atoms with Gasteiger partial charge in [0.05, 0.1) is 12.8 Å². The van der Waals surface area contributed by atoms with Crippen LogP contribution in [0.4, 0.5) is 5.69 Å². The molecule has 1 N–H and O–H groups in total. The molecule has 15 heavy (non-hydrogen) atoms. The van der Waals surface area contributed by atoms with E-state index in [0.29, 0.717) is 5.02 Å². The highest BCUT2D eigenvalue weighted by Gasteiger charge is 2.14. The zero-order chi connectivity index (χ0) is 10.7. The Balaban J connectivity index is 2.25. The van der Waals surface area contributed by atoms with Crippen LogP contribution < -0.4 is 15.0 Å². The maximum atomic E-state index is 5.92. The first-order valence-corrected chi connectivity index (χ1v) is 5.48. The highest BCUT2D eigenvalue weighted by atomic mass is 35.5. The molecular formula is C11H15ClN2O. The van der Waals surface area contributed by atoms with Crippen molar-refractivity contribution in [2.45, 2.75) is 0 Å². The lowest BCUT2D eigenvalue weighted by molar-refractivity contribution is 0.413. The molecule has 0 bridgehead atoms. The van der Waals surface area contributed by atoms with E-state index in [-0.39, 0.29) is 0 Å². The van der Waals surface area contributed by atoms with E-state index >= 15 is 0 Å². The van der Waals surface area contributed by atoms with E-state index in [1.807, 2.05) is 18.2 Å². The second-order valence-corrected chi connectivity index (χ2v) is 3.99. The summed E-state index contributed by atoms with van der Waals surface area (Å²) in [5.41, 5.74) is 1.13. The van der Waals surface area contributed by atoms with Gasteiger partial charge < -0.3 is 15.0 Å². The minimum absolute atomic E-state index is 0.714. The summed E-state index contributed by atoms with van der Waals surface area (Å²) in [5, 5.41) is 4.04. The van der Waals surface area contributed by atoms with Crippen LogP contribution in [0.2, 0.25) is 5.02 Å². The molecule has 4 heteroatoms. The Kier molecular flexibility index (Phi) is 3.34. The average Bonchev–Trinajstić information content (AvgIpc) is 2.30. The van der Waals surface area contributed by atoms with Crippen molar-refractivity contribution in [1.82, 2.24) is 5.32 Å². The predicted octanol–water partition coefficient (Wildman–Crippen LogP) is 1.76. The van der Waals surface area contributed by atoms with Crippen molar-refractivity contribution in [3.63, 3.8) is 0 Å². The summed E-state index contributed by atoms with van der Waals surface area (Å²) in [7, 11) is 1.68. The second-order valence-electron chi connectivity index (χ2n) is 3.55. The first-order valence-electron chi connectivity index (χ1n) is 5.10. The zero-order valence-electron chi connectivity index (χ0n) is 8.79. The van der Waals surface area contributed by atoms with Gasteiger partial charge in [-0.05, 0) is 12.1 Å². The Morgan fingerprint density at radius 3 is 2.73 bits per heavy atom. The standard InChI is InChI=1S/C11H15ClN2O/c1-15-11-8-9(12)2-3-10(11)14-6-4-13-5-7-14/h2-3,8,13H,4-7H2,1H3. The Morgan fingerprint density at radius 1 is 1.33 bits per heavy atom. The average molecular weight is 227 g/mol. The summed E-state index contributed by atoms with van der Waals surface area (Å²) in [5.74, 6) is 0.851. The number of methoxy groups -OCH3 is 1. The van der Waals surface area contributed by atoms with Gasteiger partial charge >= 0.3 is 0 Å². The van der Waals surface area contributed by atoms with Crippen LogP contribution in [0.1, 0.15) is 0 Å². The van der Waals surface area contributed by atoms with Crippen molar-refractivity contribution in [1.29, 1.82) is 0 Å². The molecule has 0 aromatic heterocycles. The number of hydrogen-bond donors (Lipinski definition) is 1. The number of nitrogens with one attached hydrogen (secondary N) is 1. The van der Waals surface area contributed by atoms with Crippen molar-refractivity contribution < 1.29 is 4.74 Å². The maximum absolute atomic E-state index is 5.92. The molecule has 1 fully saturated rings. The molecule has 0 spiro atoms. The van der Waals surface area contributed by atoms with E-state index in [9.17, 15) is 0 Å². The molecule has 1 heterocycles. The molecule has 1 aromatic carbocycles. The Bertz CT molecular complexity index is 337. The minimum Gasteiger partial charge on any atom is -0.495 e.